The van der Waals surface area contributed by atoms with Crippen LogP contribution in [0.3, 0.4) is 0 Å². The minimum atomic E-state index is -3.85. The first kappa shape index (κ1) is 21.2. The van der Waals surface area contributed by atoms with E-state index in [0.29, 0.717) is 13.1 Å². The van der Waals surface area contributed by atoms with Crippen molar-refractivity contribution < 1.29 is 17.6 Å². The minimum Gasteiger partial charge on any atom is -0.332 e. The lowest BCUT2D eigenvalue weighted by atomic mass is 10.1. The van der Waals surface area contributed by atoms with Crippen molar-refractivity contribution in [1.29, 1.82) is 5.26 Å². The first-order valence-electron chi connectivity index (χ1n) is 9.09. The third-order valence-corrected chi connectivity index (χ3v) is 7.13. The summed E-state index contributed by atoms with van der Waals surface area (Å²) < 4.78 is 41.2. The SMILES string of the molecule is N#CC(NC(=O)c1ccc(Cl)c(S(=O)(=O)N2CCCCC2)c1)c1ccccc1F. The fourth-order valence-corrected chi connectivity index (χ4v) is 5.21. The number of nitriles is 1. The van der Waals surface area contributed by atoms with Crippen molar-refractivity contribution >= 4 is 27.5 Å². The van der Waals surface area contributed by atoms with Crippen molar-refractivity contribution in [3.8, 4) is 6.07 Å². The Morgan fingerprint density at radius 2 is 1.86 bits per heavy atom. The summed E-state index contributed by atoms with van der Waals surface area (Å²) in [5.41, 5.74) is 0.0417. The van der Waals surface area contributed by atoms with Gasteiger partial charge in [0.15, 0.2) is 0 Å². The number of carbonyl (C=O) groups excluding carboxylic acids is 1. The van der Waals surface area contributed by atoms with Crippen LogP contribution in [0, 0.1) is 17.1 Å². The second kappa shape index (κ2) is 8.91. The van der Waals surface area contributed by atoms with Crippen LogP contribution in [0.4, 0.5) is 4.39 Å². The third-order valence-electron chi connectivity index (χ3n) is 4.75. The molecule has 1 aliphatic heterocycles. The number of carbonyl (C=O) groups is 1. The van der Waals surface area contributed by atoms with Crippen molar-refractivity contribution in [2.24, 2.45) is 0 Å². The van der Waals surface area contributed by atoms with Crippen LogP contribution in [0.1, 0.15) is 41.2 Å². The summed E-state index contributed by atoms with van der Waals surface area (Å²) in [6, 6.07) is 10.1. The van der Waals surface area contributed by atoms with E-state index in [1.807, 2.05) is 6.07 Å². The number of sulfonamides is 1. The molecular formula is C20H19ClFN3O3S. The van der Waals surface area contributed by atoms with Crippen LogP contribution in [-0.4, -0.2) is 31.7 Å². The average Bonchev–Trinajstić information content (AvgIpc) is 2.73. The molecule has 2 aromatic rings. The van der Waals surface area contributed by atoms with E-state index >= 15 is 0 Å². The largest absolute Gasteiger partial charge is 0.332 e. The highest BCUT2D eigenvalue weighted by atomic mass is 35.5. The van der Waals surface area contributed by atoms with Gasteiger partial charge in [-0.3, -0.25) is 4.79 Å². The number of hydrogen-bond acceptors (Lipinski definition) is 4. The van der Waals surface area contributed by atoms with E-state index < -0.39 is 27.8 Å². The van der Waals surface area contributed by atoms with Crippen LogP contribution in [0.25, 0.3) is 0 Å². The van der Waals surface area contributed by atoms with Gasteiger partial charge in [0, 0.05) is 24.2 Å². The Hall–Kier alpha value is -2.47. The van der Waals surface area contributed by atoms with Gasteiger partial charge in [0.2, 0.25) is 10.0 Å². The molecule has 152 valence electrons. The summed E-state index contributed by atoms with van der Waals surface area (Å²) in [6.45, 7) is 0.803. The van der Waals surface area contributed by atoms with Gasteiger partial charge in [0.25, 0.3) is 5.91 Å². The number of piperidine rings is 1. The lowest BCUT2D eigenvalue weighted by molar-refractivity contribution is 0.0944. The molecule has 2 aromatic carbocycles. The highest BCUT2D eigenvalue weighted by molar-refractivity contribution is 7.89. The molecule has 1 unspecified atom stereocenters. The molecule has 1 amide bonds. The Morgan fingerprint density at radius 3 is 2.52 bits per heavy atom. The maximum Gasteiger partial charge on any atom is 0.252 e. The summed E-state index contributed by atoms with van der Waals surface area (Å²) >= 11 is 6.11. The van der Waals surface area contributed by atoms with Crippen molar-refractivity contribution in [2.75, 3.05) is 13.1 Å². The summed E-state index contributed by atoms with van der Waals surface area (Å²) in [4.78, 5) is 12.5. The Morgan fingerprint density at radius 1 is 1.17 bits per heavy atom. The van der Waals surface area contributed by atoms with Gasteiger partial charge >= 0.3 is 0 Å². The van der Waals surface area contributed by atoms with Gasteiger partial charge in [0.05, 0.1) is 11.1 Å². The Labute approximate surface area is 173 Å². The van der Waals surface area contributed by atoms with Gasteiger partial charge in [-0.05, 0) is 37.1 Å². The second-order valence-corrected chi connectivity index (χ2v) is 8.98. The van der Waals surface area contributed by atoms with Crippen LogP contribution < -0.4 is 5.32 Å². The highest BCUT2D eigenvalue weighted by Crippen LogP contribution is 2.28. The van der Waals surface area contributed by atoms with E-state index in [1.54, 1.807) is 6.07 Å². The van der Waals surface area contributed by atoms with E-state index in [9.17, 15) is 22.9 Å². The van der Waals surface area contributed by atoms with Gasteiger partial charge in [-0.25, -0.2) is 12.8 Å². The smallest absolute Gasteiger partial charge is 0.252 e. The molecule has 0 spiro atoms. The van der Waals surface area contributed by atoms with Gasteiger partial charge in [-0.2, -0.15) is 9.57 Å². The zero-order valence-corrected chi connectivity index (χ0v) is 17.0. The molecule has 29 heavy (non-hydrogen) atoms. The van der Waals surface area contributed by atoms with E-state index in [-0.39, 0.29) is 21.0 Å². The number of halogens is 2. The predicted molar refractivity (Wildman–Crippen MR) is 106 cm³/mol. The van der Waals surface area contributed by atoms with Gasteiger partial charge in [0.1, 0.15) is 16.8 Å². The zero-order chi connectivity index (χ0) is 21.0. The standard InChI is InChI=1S/C20H19ClFN3O3S/c21-16-9-8-14(12-19(16)29(27,28)25-10-4-1-5-11-25)20(26)24-18(13-23)15-6-2-3-7-17(15)22/h2-3,6-9,12,18H,1,4-5,10-11H2,(H,24,26). The molecule has 0 saturated carbocycles. The Balaban J connectivity index is 1.88. The molecule has 1 aliphatic rings. The zero-order valence-electron chi connectivity index (χ0n) is 15.4. The molecular weight excluding hydrogens is 417 g/mol. The lowest BCUT2D eigenvalue weighted by Crippen LogP contribution is -2.36. The van der Waals surface area contributed by atoms with Crippen LogP contribution in [0.2, 0.25) is 5.02 Å². The van der Waals surface area contributed by atoms with E-state index in [1.165, 1.54) is 40.7 Å². The summed E-state index contributed by atoms with van der Waals surface area (Å²) in [6.07, 6.45) is 2.50. The number of benzene rings is 2. The fourth-order valence-electron chi connectivity index (χ4n) is 3.19. The highest BCUT2D eigenvalue weighted by Gasteiger charge is 2.29. The predicted octanol–water partition coefficient (Wildman–Crippen LogP) is 3.65. The molecule has 1 atom stereocenters. The fraction of sp³-hybridized carbons (Fsp3) is 0.300. The van der Waals surface area contributed by atoms with Crippen molar-refractivity contribution in [1.82, 2.24) is 9.62 Å². The first-order valence-corrected chi connectivity index (χ1v) is 10.9. The molecule has 3 rings (SSSR count). The van der Waals surface area contributed by atoms with Crippen molar-refractivity contribution in [2.45, 2.75) is 30.2 Å². The summed E-state index contributed by atoms with van der Waals surface area (Å²) in [5.74, 6) is -1.32. The van der Waals surface area contributed by atoms with Crippen molar-refractivity contribution in [3.05, 3.63) is 64.4 Å². The molecule has 0 aromatic heterocycles. The van der Waals surface area contributed by atoms with Crippen LogP contribution in [0.15, 0.2) is 47.4 Å². The molecule has 1 heterocycles. The van der Waals surface area contributed by atoms with E-state index in [4.69, 9.17) is 11.6 Å². The Bertz CT molecular complexity index is 1060. The average molecular weight is 436 g/mol. The molecule has 0 aliphatic carbocycles. The number of amides is 1. The number of rotatable bonds is 5. The number of hydrogen-bond donors (Lipinski definition) is 1. The van der Waals surface area contributed by atoms with Crippen LogP contribution in [0.5, 0.6) is 0 Å². The van der Waals surface area contributed by atoms with Crippen LogP contribution >= 0.6 is 11.6 Å². The van der Waals surface area contributed by atoms with E-state index in [0.717, 1.165) is 19.3 Å². The van der Waals surface area contributed by atoms with Crippen molar-refractivity contribution in [3.63, 3.8) is 0 Å². The first-order chi connectivity index (χ1) is 13.8. The molecule has 1 N–H and O–H groups in total. The van der Waals surface area contributed by atoms with Crippen LogP contribution in [-0.2, 0) is 10.0 Å². The molecule has 0 radical (unpaired) electrons. The third kappa shape index (κ3) is 4.58. The van der Waals surface area contributed by atoms with Gasteiger partial charge in [-0.1, -0.05) is 36.2 Å². The number of nitrogens with one attached hydrogen (secondary N) is 1. The second-order valence-electron chi connectivity index (χ2n) is 6.67. The van der Waals surface area contributed by atoms with E-state index in [2.05, 4.69) is 5.32 Å². The molecule has 6 nitrogen and oxygen atoms in total. The van der Waals surface area contributed by atoms with Gasteiger partial charge < -0.3 is 5.32 Å². The molecule has 9 heteroatoms. The molecule has 1 fully saturated rings. The monoisotopic (exact) mass is 435 g/mol. The number of nitrogens with zero attached hydrogens (tertiary/aromatic N) is 2. The topological polar surface area (TPSA) is 90.3 Å². The lowest BCUT2D eigenvalue weighted by Gasteiger charge is -2.26. The maximum atomic E-state index is 14.0. The van der Waals surface area contributed by atoms with Gasteiger partial charge in [-0.15, -0.1) is 0 Å². The maximum absolute atomic E-state index is 14.0. The summed E-state index contributed by atoms with van der Waals surface area (Å²) in [7, 11) is -3.85. The molecule has 1 saturated heterocycles. The minimum absolute atomic E-state index is 0.0121. The summed E-state index contributed by atoms with van der Waals surface area (Å²) in [5, 5.41) is 11.8. The molecule has 0 bridgehead atoms. The Kier molecular flexibility index (Phi) is 6.52. The normalized spacial score (nSPS) is 16.0. The quantitative estimate of drug-likeness (QED) is 0.776.